The first kappa shape index (κ1) is 20.0. The Bertz CT molecular complexity index is 350. The van der Waals surface area contributed by atoms with E-state index in [1.807, 2.05) is 0 Å². The Morgan fingerprint density at radius 2 is 1.95 bits per heavy atom. The molecule has 0 spiro atoms. The van der Waals surface area contributed by atoms with Crippen LogP contribution in [0.4, 0.5) is 0 Å². The number of carbonyl (C=O) groups excluding carboxylic acids is 1. The van der Waals surface area contributed by atoms with Gasteiger partial charge < -0.3 is 10.2 Å². The largest absolute Gasteiger partial charge is 0.337 e. The maximum atomic E-state index is 12.5. The molecule has 0 aliphatic carbocycles. The van der Waals surface area contributed by atoms with E-state index in [4.69, 9.17) is 0 Å². The molecule has 1 amide bonds. The summed E-state index contributed by atoms with van der Waals surface area (Å²) in [7, 11) is 0. The quantitative estimate of drug-likeness (QED) is 0.848. The van der Waals surface area contributed by atoms with Crippen molar-refractivity contribution in [1.29, 1.82) is 0 Å². The molecule has 3 aliphatic rings. The Hall–Kier alpha value is -0.0300. The zero-order chi connectivity index (χ0) is 13.9. The van der Waals surface area contributed by atoms with Gasteiger partial charge in [0.1, 0.15) is 0 Å². The van der Waals surface area contributed by atoms with E-state index in [1.165, 1.54) is 38.6 Å². The maximum Gasteiger partial charge on any atom is 0.222 e. The summed E-state index contributed by atoms with van der Waals surface area (Å²) in [5.41, 5.74) is 0. The third kappa shape index (κ3) is 4.73. The molecule has 3 atom stereocenters. The zero-order valence-corrected chi connectivity index (χ0v) is 15.3. The Labute approximate surface area is 147 Å². The molecule has 22 heavy (non-hydrogen) atoms. The molecule has 0 saturated carbocycles. The number of piperazine rings is 1. The Kier molecular flexibility index (Phi) is 8.47. The highest BCUT2D eigenvalue weighted by Gasteiger charge is 2.35. The van der Waals surface area contributed by atoms with Crippen molar-refractivity contribution in [1.82, 2.24) is 15.1 Å². The molecule has 3 aliphatic heterocycles. The van der Waals surface area contributed by atoms with Gasteiger partial charge in [0, 0.05) is 37.6 Å². The van der Waals surface area contributed by atoms with Crippen LogP contribution in [0.2, 0.25) is 0 Å². The summed E-state index contributed by atoms with van der Waals surface area (Å²) in [4.78, 5) is 17.3. The van der Waals surface area contributed by atoms with Crippen molar-refractivity contribution in [3.8, 4) is 0 Å². The van der Waals surface area contributed by atoms with Crippen molar-refractivity contribution < 1.29 is 4.79 Å². The second-order valence-electron chi connectivity index (χ2n) is 6.87. The molecule has 130 valence electrons. The summed E-state index contributed by atoms with van der Waals surface area (Å²) < 4.78 is 0. The van der Waals surface area contributed by atoms with Gasteiger partial charge in [-0.05, 0) is 52.1 Å². The molecule has 0 aromatic heterocycles. The van der Waals surface area contributed by atoms with Gasteiger partial charge in [-0.15, -0.1) is 24.8 Å². The topological polar surface area (TPSA) is 35.6 Å². The number of piperidine rings is 1. The first-order chi connectivity index (χ1) is 9.74. The van der Waals surface area contributed by atoms with Crippen LogP contribution in [0.1, 0.15) is 51.9 Å². The SMILES string of the molecule is CC1CN2CCCCC2CN1C(=O)CCC1CCCN1.Cl.Cl. The van der Waals surface area contributed by atoms with Gasteiger partial charge in [0.05, 0.1) is 0 Å². The van der Waals surface area contributed by atoms with Crippen LogP contribution in [0.15, 0.2) is 0 Å². The summed E-state index contributed by atoms with van der Waals surface area (Å²) in [5.74, 6) is 0.386. The zero-order valence-electron chi connectivity index (χ0n) is 13.6. The van der Waals surface area contributed by atoms with E-state index in [1.54, 1.807) is 0 Å². The van der Waals surface area contributed by atoms with Gasteiger partial charge in [0.15, 0.2) is 0 Å². The van der Waals surface area contributed by atoms with E-state index in [2.05, 4.69) is 22.0 Å². The minimum atomic E-state index is 0. The third-order valence-electron chi connectivity index (χ3n) is 5.38. The Morgan fingerprint density at radius 1 is 1.14 bits per heavy atom. The second-order valence-corrected chi connectivity index (χ2v) is 6.87. The van der Waals surface area contributed by atoms with Gasteiger partial charge in [-0.1, -0.05) is 6.42 Å². The normalized spacial score (nSPS) is 31.9. The van der Waals surface area contributed by atoms with E-state index in [0.717, 1.165) is 32.5 Å². The van der Waals surface area contributed by atoms with Crippen molar-refractivity contribution in [2.75, 3.05) is 26.2 Å². The molecule has 0 radical (unpaired) electrons. The van der Waals surface area contributed by atoms with Gasteiger partial charge in [-0.25, -0.2) is 0 Å². The predicted molar refractivity (Wildman–Crippen MR) is 95.1 cm³/mol. The van der Waals surface area contributed by atoms with Crippen molar-refractivity contribution in [2.45, 2.75) is 70.0 Å². The highest BCUT2D eigenvalue weighted by molar-refractivity contribution is 5.85. The minimum Gasteiger partial charge on any atom is -0.337 e. The van der Waals surface area contributed by atoms with Gasteiger partial charge in [0.2, 0.25) is 5.91 Å². The molecule has 4 nitrogen and oxygen atoms in total. The summed E-state index contributed by atoms with van der Waals surface area (Å²) >= 11 is 0. The van der Waals surface area contributed by atoms with Crippen LogP contribution in [0.3, 0.4) is 0 Å². The number of amides is 1. The molecule has 0 aromatic carbocycles. The fourth-order valence-corrected chi connectivity index (χ4v) is 4.14. The number of fused-ring (bicyclic) bond motifs is 1. The molecule has 1 N–H and O–H groups in total. The molecule has 6 heteroatoms. The molecule has 3 fully saturated rings. The lowest BCUT2D eigenvalue weighted by Gasteiger charge is -2.47. The fourth-order valence-electron chi connectivity index (χ4n) is 4.14. The van der Waals surface area contributed by atoms with Crippen LogP contribution in [0, 0.1) is 0 Å². The number of rotatable bonds is 3. The highest BCUT2D eigenvalue weighted by atomic mass is 35.5. The van der Waals surface area contributed by atoms with E-state index in [0.29, 0.717) is 24.0 Å². The maximum absolute atomic E-state index is 12.5. The van der Waals surface area contributed by atoms with Crippen LogP contribution in [0.25, 0.3) is 0 Å². The number of nitrogens with one attached hydrogen (secondary N) is 1. The number of hydrogen-bond acceptors (Lipinski definition) is 3. The van der Waals surface area contributed by atoms with Gasteiger partial charge >= 0.3 is 0 Å². The molecular formula is C16H31Cl2N3O. The number of halogens is 2. The van der Waals surface area contributed by atoms with Crippen LogP contribution < -0.4 is 5.32 Å². The van der Waals surface area contributed by atoms with Gasteiger partial charge in [-0.3, -0.25) is 9.69 Å². The summed E-state index contributed by atoms with van der Waals surface area (Å²) in [6.07, 6.45) is 8.23. The van der Waals surface area contributed by atoms with Crippen molar-refractivity contribution >= 4 is 30.7 Å². The minimum absolute atomic E-state index is 0. The number of hydrogen-bond donors (Lipinski definition) is 1. The average Bonchev–Trinajstić information content (AvgIpc) is 2.97. The summed E-state index contributed by atoms with van der Waals surface area (Å²) in [6.45, 7) is 6.64. The van der Waals surface area contributed by atoms with Crippen LogP contribution in [0.5, 0.6) is 0 Å². The van der Waals surface area contributed by atoms with Crippen LogP contribution in [-0.4, -0.2) is 60.0 Å². The molecular weight excluding hydrogens is 321 g/mol. The average molecular weight is 352 g/mol. The first-order valence-electron chi connectivity index (χ1n) is 8.51. The Morgan fingerprint density at radius 3 is 2.68 bits per heavy atom. The van der Waals surface area contributed by atoms with Crippen molar-refractivity contribution in [2.24, 2.45) is 0 Å². The van der Waals surface area contributed by atoms with E-state index in [9.17, 15) is 4.79 Å². The summed E-state index contributed by atoms with van der Waals surface area (Å²) in [5, 5.41) is 3.49. The van der Waals surface area contributed by atoms with Crippen molar-refractivity contribution in [3.63, 3.8) is 0 Å². The van der Waals surface area contributed by atoms with E-state index in [-0.39, 0.29) is 24.8 Å². The van der Waals surface area contributed by atoms with Gasteiger partial charge in [0.25, 0.3) is 0 Å². The van der Waals surface area contributed by atoms with Gasteiger partial charge in [-0.2, -0.15) is 0 Å². The number of carbonyl (C=O) groups is 1. The second kappa shape index (κ2) is 9.31. The monoisotopic (exact) mass is 351 g/mol. The fraction of sp³-hybridized carbons (Fsp3) is 0.938. The summed E-state index contributed by atoms with van der Waals surface area (Å²) in [6, 6.07) is 1.62. The Balaban J connectivity index is 0.00000121. The lowest BCUT2D eigenvalue weighted by atomic mass is 9.96. The molecule has 3 heterocycles. The first-order valence-corrected chi connectivity index (χ1v) is 8.51. The lowest BCUT2D eigenvalue weighted by molar-refractivity contribution is -0.138. The molecule has 3 unspecified atom stereocenters. The van der Waals surface area contributed by atoms with E-state index >= 15 is 0 Å². The third-order valence-corrected chi connectivity index (χ3v) is 5.38. The molecule has 3 saturated heterocycles. The number of nitrogens with zero attached hydrogens (tertiary/aromatic N) is 2. The van der Waals surface area contributed by atoms with Crippen molar-refractivity contribution in [3.05, 3.63) is 0 Å². The molecule has 0 aromatic rings. The predicted octanol–water partition coefficient (Wildman–Crippen LogP) is 2.45. The van der Waals surface area contributed by atoms with Crippen LogP contribution in [-0.2, 0) is 4.79 Å². The van der Waals surface area contributed by atoms with E-state index < -0.39 is 0 Å². The standard InChI is InChI=1S/C16H29N3O.2ClH/c1-13-11-18-10-3-2-6-15(18)12-19(13)16(20)8-7-14-5-4-9-17-14;;/h13-15,17H,2-12H2,1H3;2*1H. The molecule has 0 bridgehead atoms. The lowest BCUT2D eigenvalue weighted by Crippen LogP contribution is -2.60. The molecule has 3 rings (SSSR count). The van der Waals surface area contributed by atoms with Crippen LogP contribution >= 0.6 is 24.8 Å². The smallest absolute Gasteiger partial charge is 0.222 e. The highest BCUT2D eigenvalue weighted by Crippen LogP contribution is 2.25.